The number of nitrogens with one attached hydrogen (secondary N) is 1. The Bertz CT molecular complexity index is 609. The Morgan fingerprint density at radius 1 is 1.22 bits per heavy atom. The van der Waals surface area contributed by atoms with Crippen LogP contribution in [0.15, 0.2) is 0 Å². The van der Waals surface area contributed by atoms with Crippen LogP contribution < -0.4 is 5.32 Å². The predicted molar refractivity (Wildman–Crippen MR) is 86.9 cm³/mol. The van der Waals surface area contributed by atoms with E-state index < -0.39 is 17.1 Å². The van der Waals surface area contributed by atoms with Gasteiger partial charge in [-0.05, 0) is 25.7 Å². The van der Waals surface area contributed by atoms with Gasteiger partial charge in [-0.25, -0.2) is 4.79 Å². The number of urea groups is 1. The van der Waals surface area contributed by atoms with E-state index in [0.717, 1.165) is 0 Å². The molecule has 3 heterocycles. The summed E-state index contributed by atoms with van der Waals surface area (Å²) in [6, 6.07) is -0.104. The van der Waals surface area contributed by atoms with Gasteiger partial charge in [0.1, 0.15) is 6.61 Å². The number of morpholine rings is 1. The maximum atomic E-state index is 13.0. The highest BCUT2D eigenvalue weighted by Crippen LogP contribution is 2.57. The molecule has 4 aliphatic rings. The maximum absolute atomic E-state index is 13.0. The Morgan fingerprint density at radius 3 is 2.44 bits per heavy atom. The minimum Gasteiger partial charge on any atom is -0.377 e. The topological polar surface area (TPSA) is 71.1 Å². The molecule has 152 valence electrons. The molecule has 4 fully saturated rings. The zero-order chi connectivity index (χ0) is 19.3. The number of likely N-dealkylation sites (tertiary alicyclic amines) is 2. The van der Waals surface area contributed by atoms with Crippen LogP contribution in [0.4, 0.5) is 18.0 Å². The summed E-state index contributed by atoms with van der Waals surface area (Å²) in [4.78, 5) is 27.4. The molecular weight excluding hydrogens is 367 g/mol. The number of hydrogen-bond acceptors (Lipinski definition) is 4. The Kier molecular flexibility index (Phi) is 4.53. The molecule has 1 saturated carbocycles. The van der Waals surface area contributed by atoms with Crippen LogP contribution in [0, 0.1) is 5.41 Å². The number of halogens is 3. The molecule has 4 rings (SSSR count). The zero-order valence-corrected chi connectivity index (χ0v) is 15.0. The lowest BCUT2D eigenvalue weighted by Gasteiger charge is -2.52. The molecule has 0 aromatic carbocycles. The average molecular weight is 391 g/mol. The molecule has 1 N–H and O–H groups in total. The molecule has 0 unspecified atom stereocenters. The fourth-order valence-corrected chi connectivity index (χ4v) is 4.05. The van der Waals surface area contributed by atoms with Crippen LogP contribution in [0.5, 0.6) is 0 Å². The lowest BCUT2D eigenvalue weighted by molar-refractivity contribution is -0.206. The van der Waals surface area contributed by atoms with Gasteiger partial charge in [-0.1, -0.05) is 0 Å². The van der Waals surface area contributed by atoms with Crippen LogP contribution in [-0.4, -0.2) is 85.6 Å². The minimum atomic E-state index is -4.20. The average Bonchev–Trinajstić information content (AvgIpc) is 3.39. The summed E-state index contributed by atoms with van der Waals surface area (Å²) in [6.45, 7) is 1.95. The molecule has 0 atom stereocenters. The molecule has 10 heteroatoms. The van der Waals surface area contributed by atoms with Crippen LogP contribution >= 0.6 is 0 Å². The van der Waals surface area contributed by atoms with E-state index in [1.807, 2.05) is 0 Å². The highest BCUT2D eigenvalue weighted by molar-refractivity contribution is 5.81. The van der Waals surface area contributed by atoms with Gasteiger partial charge >= 0.3 is 12.2 Å². The molecule has 0 aromatic rings. The van der Waals surface area contributed by atoms with Crippen molar-refractivity contribution in [3.8, 4) is 0 Å². The molecule has 1 aliphatic carbocycles. The third kappa shape index (κ3) is 3.61. The quantitative estimate of drug-likeness (QED) is 0.783. The van der Waals surface area contributed by atoms with Gasteiger partial charge in [0.05, 0.1) is 30.3 Å². The zero-order valence-electron chi connectivity index (χ0n) is 15.0. The molecule has 3 saturated heterocycles. The first-order chi connectivity index (χ1) is 12.7. The number of nitrogens with zero attached hydrogens (tertiary/aromatic N) is 2. The van der Waals surface area contributed by atoms with Gasteiger partial charge in [-0.15, -0.1) is 0 Å². The second kappa shape index (κ2) is 6.51. The van der Waals surface area contributed by atoms with Crippen molar-refractivity contribution >= 4 is 11.9 Å². The summed E-state index contributed by atoms with van der Waals surface area (Å²) in [5.41, 5.74) is -2.11. The van der Waals surface area contributed by atoms with E-state index in [1.165, 1.54) is 0 Å². The van der Waals surface area contributed by atoms with E-state index in [-0.39, 0.29) is 44.1 Å². The Balaban J connectivity index is 1.20. The van der Waals surface area contributed by atoms with Crippen molar-refractivity contribution in [3.05, 3.63) is 0 Å². The van der Waals surface area contributed by atoms with E-state index in [1.54, 1.807) is 9.80 Å². The first-order valence-corrected chi connectivity index (χ1v) is 9.33. The van der Waals surface area contributed by atoms with Gasteiger partial charge in [0.15, 0.2) is 0 Å². The van der Waals surface area contributed by atoms with Gasteiger partial charge in [-0.3, -0.25) is 4.79 Å². The molecule has 0 bridgehead atoms. The first kappa shape index (κ1) is 18.8. The van der Waals surface area contributed by atoms with Crippen molar-refractivity contribution < 1.29 is 32.2 Å². The van der Waals surface area contributed by atoms with Crippen LogP contribution in [0.2, 0.25) is 0 Å². The number of piperidine rings is 1. The van der Waals surface area contributed by atoms with Crippen LogP contribution in [0.3, 0.4) is 0 Å². The molecule has 7 nitrogen and oxygen atoms in total. The maximum Gasteiger partial charge on any atom is 0.396 e. The number of rotatable bonds is 3. The number of amides is 3. The molecule has 0 aromatic heterocycles. The second-order valence-corrected chi connectivity index (χ2v) is 8.24. The standard InChI is InChI=1S/C17H24F3N3O4/c18-17(19,20)15(3-4-15)10-27-12-1-5-22(6-2-12)14(25)23-8-16(9-23)11-26-7-13(24)21-16/h12H,1-11H2,(H,21,24). The van der Waals surface area contributed by atoms with E-state index in [4.69, 9.17) is 9.47 Å². The van der Waals surface area contributed by atoms with Crippen molar-refractivity contribution in [3.63, 3.8) is 0 Å². The SMILES string of the molecule is O=C1COCC2(CN(C(=O)N3CCC(OCC4(C(F)(F)F)CC4)CC3)C2)N1. The number of carbonyl (C=O) groups is 2. The molecule has 1 spiro atoms. The van der Waals surface area contributed by atoms with Crippen molar-refractivity contribution in [1.82, 2.24) is 15.1 Å². The minimum absolute atomic E-state index is 0.0544. The summed E-state index contributed by atoms with van der Waals surface area (Å²) in [5.74, 6) is -0.168. The Morgan fingerprint density at radius 2 is 1.89 bits per heavy atom. The Hall–Kier alpha value is -1.55. The number of ether oxygens (including phenoxy) is 2. The number of hydrogen-bond donors (Lipinski definition) is 1. The number of alkyl halides is 3. The van der Waals surface area contributed by atoms with Crippen molar-refractivity contribution in [1.29, 1.82) is 0 Å². The summed E-state index contributed by atoms with van der Waals surface area (Å²) in [6.07, 6.45) is -3.07. The summed E-state index contributed by atoms with van der Waals surface area (Å²) < 4.78 is 49.6. The van der Waals surface area contributed by atoms with Crippen LogP contribution in [0.1, 0.15) is 25.7 Å². The lowest BCUT2D eigenvalue weighted by Crippen LogP contribution is -2.76. The number of carbonyl (C=O) groups excluding carboxylic acids is 2. The highest BCUT2D eigenvalue weighted by atomic mass is 19.4. The smallest absolute Gasteiger partial charge is 0.377 e. The molecule has 27 heavy (non-hydrogen) atoms. The highest BCUT2D eigenvalue weighted by Gasteiger charge is 2.63. The summed E-state index contributed by atoms with van der Waals surface area (Å²) in [5, 5.41) is 2.88. The molecule has 3 amide bonds. The third-order valence-electron chi connectivity index (χ3n) is 6.04. The van der Waals surface area contributed by atoms with Crippen molar-refractivity contribution in [2.24, 2.45) is 5.41 Å². The van der Waals surface area contributed by atoms with E-state index in [2.05, 4.69) is 5.32 Å². The molecule has 0 radical (unpaired) electrons. The Labute approximate surface area is 155 Å². The van der Waals surface area contributed by atoms with Gasteiger partial charge < -0.3 is 24.6 Å². The van der Waals surface area contributed by atoms with Gasteiger partial charge in [0.2, 0.25) is 5.91 Å². The van der Waals surface area contributed by atoms with Crippen LogP contribution in [-0.2, 0) is 14.3 Å². The first-order valence-electron chi connectivity index (χ1n) is 9.33. The third-order valence-corrected chi connectivity index (χ3v) is 6.04. The fourth-order valence-electron chi connectivity index (χ4n) is 4.05. The van der Waals surface area contributed by atoms with E-state index in [9.17, 15) is 22.8 Å². The lowest BCUT2D eigenvalue weighted by atomic mass is 9.90. The van der Waals surface area contributed by atoms with Crippen molar-refractivity contribution in [2.75, 3.05) is 46.0 Å². The van der Waals surface area contributed by atoms with Crippen molar-refractivity contribution in [2.45, 2.75) is 43.5 Å². The monoisotopic (exact) mass is 391 g/mol. The van der Waals surface area contributed by atoms with Gasteiger partial charge in [0.25, 0.3) is 0 Å². The summed E-state index contributed by atoms with van der Waals surface area (Å²) in [7, 11) is 0. The normalized spacial score (nSPS) is 27.3. The second-order valence-electron chi connectivity index (χ2n) is 8.24. The predicted octanol–water partition coefficient (Wildman–Crippen LogP) is 1.13. The van der Waals surface area contributed by atoms with E-state index in [0.29, 0.717) is 45.6 Å². The summed E-state index contributed by atoms with van der Waals surface area (Å²) >= 11 is 0. The van der Waals surface area contributed by atoms with Crippen LogP contribution in [0.25, 0.3) is 0 Å². The fraction of sp³-hybridized carbons (Fsp3) is 0.882. The molecule has 3 aliphatic heterocycles. The largest absolute Gasteiger partial charge is 0.396 e. The van der Waals surface area contributed by atoms with E-state index >= 15 is 0 Å². The van der Waals surface area contributed by atoms with Gasteiger partial charge in [0, 0.05) is 26.2 Å². The van der Waals surface area contributed by atoms with Gasteiger partial charge in [-0.2, -0.15) is 13.2 Å². The molecular formula is C17H24F3N3O4.